The van der Waals surface area contributed by atoms with Crippen LogP contribution in [-0.4, -0.2) is 18.9 Å². The van der Waals surface area contributed by atoms with Crippen molar-refractivity contribution in [1.82, 2.24) is 0 Å². The molecule has 6 nitrogen and oxygen atoms in total. The monoisotopic (exact) mass is 358 g/mol. The predicted octanol–water partition coefficient (Wildman–Crippen LogP) is 3.87. The molecule has 0 aromatic heterocycles. The van der Waals surface area contributed by atoms with Crippen molar-refractivity contribution >= 4 is 16.4 Å². The van der Waals surface area contributed by atoms with Crippen LogP contribution in [-0.2, 0) is 28.0 Å². The van der Waals surface area contributed by atoms with E-state index in [0.29, 0.717) is 24.2 Å². The standard InChI is InChI=1S/C17H26O6S/c1-4-6-8-9-14-11-16(22-13(3)18)15(10-7-5-2)17(12-14)23-24(19,20)21/h11-12H,4-10H2,1-3H3,(H,19,20,21). The van der Waals surface area contributed by atoms with Gasteiger partial charge in [0.2, 0.25) is 0 Å². The number of esters is 1. The fourth-order valence-electron chi connectivity index (χ4n) is 2.43. The lowest BCUT2D eigenvalue weighted by Crippen LogP contribution is -2.11. The first-order valence-electron chi connectivity index (χ1n) is 8.28. The maximum atomic E-state index is 11.4. The van der Waals surface area contributed by atoms with Crippen molar-refractivity contribution in [3.8, 4) is 11.5 Å². The molecule has 0 bridgehead atoms. The average molecular weight is 358 g/mol. The summed E-state index contributed by atoms with van der Waals surface area (Å²) in [6.45, 7) is 5.37. The summed E-state index contributed by atoms with van der Waals surface area (Å²) in [5.41, 5.74) is 1.28. The molecule has 1 aromatic carbocycles. The SMILES string of the molecule is CCCCCc1cc(OC(C)=O)c(CCCC)c(OS(=O)(=O)O)c1. The number of carbonyl (C=O) groups excluding carboxylic acids is 1. The summed E-state index contributed by atoms with van der Waals surface area (Å²) in [6.07, 6.45) is 5.86. The lowest BCUT2D eigenvalue weighted by atomic mass is 10.0. The van der Waals surface area contributed by atoms with Crippen molar-refractivity contribution in [2.24, 2.45) is 0 Å². The highest BCUT2D eigenvalue weighted by Gasteiger charge is 2.19. The first-order chi connectivity index (χ1) is 11.3. The first-order valence-corrected chi connectivity index (χ1v) is 9.64. The lowest BCUT2D eigenvalue weighted by Gasteiger charge is -2.15. The number of carbonyl (C=O) groups is 1. The summed E-state index contributed by atoms with van der Waals surface area (Å²) in [5, 5.41) is 0. The van der Waals surface area contributed by atoms with E-state index >= 15 is 0 Å². The third kappa shape index (κ3) is 7.31. The molecule has 136 valence electrons. The van der Waals surface area contributed by atoms with Gasteiger partial charge in [0.15, 0.2) is 5.75 Å². The number of hydrogen-bond acceptors (Lipinski definition) is 5. The molecule has 0 unspecified atom stereocenters. The van der Waals surface area contributed by atoms with E-state index in [9.17, 15) is 13.2 Å². The van der Waals surface area contributed by atoms with Crippen LogP contribution in [0.3, 0.4) is 0 Å². The summed E-state index contributed by atoms with van der Waals surface area (Å²) >= 11 is 0. The second-order valence-corrected chi connectivity index (χ2v) is 6.76. The van der Waals surface area contributed by atoms with Crippen molar-refractivity contribution in [1.29, 1.82) is 0 Å². The summed E-state index contributed by atoms with van der Waals surface area (Å²) in [7, 11) is -4.65. The van der Waals surface area contributed by atoms with Crippen LogP contribution in [0.1, 0.15) is 64.0 Å². The summed E-state index contributed by atoms with van der Waals surface area (Å²) in [5.74, 6) is -0.170. The minimum Gasteiger partial charge on any atom is -0.426 e. The molecule has 0 amide bonds. The quantitative estimate of drug-likeness (QED) is 0.295. The molecule has 1 rings (SSSR count). The van der Waals surface area contributed by atoms with E-state index in [-0.39, 0.29) is 5.75 Å². The van der Waals surface area contributed by atoms with Crippen LogP contribution in [0.4, 0.5) is 0 Å². The average Bonchev–Trinajstić information content (AvgIpc) is 2.44. The Kier molecular flexibility index (Phi) is 8.21. The summed E-state index contributed by atoms with van der Waals surface area (Å²) < 4.78 is 41.3. The normalized spacial score (nSPS) is 11.3. The molecule has 0 radical (unpaired) electrons. The van der Waals surface area contributed by atoms with Crippen molar-refractivity contribution in [2.45, 2.75) is 65.7 Å². The largest absolute Gasteiger partial charge is 0.446 e. The number of aryl methyl sites for hydroxylation is 1. The molecule has 0 heterocycles. The van der Waals surface area contributed by atoms with Gasteiger partial charge in [-0.1, -0.05) is 33.1 Å². The molecule has 24 heavy (non-hydrogen) atoms. The van der Waals surface area contributed by atoms with Gasteiger partial charge in [0.25, 0.3) is 0 Å². The third-order valence-electron chi connectivity index (χ3n) is 3.53. The van der Waals surface area contributed by atoms with E-state index in [1.807, 2.05) is 6.92 Å². The van der Waals surface area contributed by atoms with E-state index in [4.69, 9.17) is 13.5 Å². The molecule has 0 aliphatic rings. The molecule has 0 fully saturated rings. The highest BCUT2D eigenvalue weighted by molar-refractivity contribution is 7.81. The van der Waals surface area contributed by atoms with Crippen molar-refractivity contribution < 1.29 is 26.7 Å². The molecular formula is C17H26O6S. The summed E-state index contributed by atoms with van der Waals surface area (Å²) in [6, 6.07) is 3.35. The zero-order valence-corrected chi connectivity index (χ0v) is 15.3. The van der Waals surface area contributed by atoms with Gasteiger partial charge >= 0.3 is 16.4 Å². The number of hydrogen-bond donors (Lipinski definition) is 1. The second-order valence-electron chi connectivity index (χ2n) is 5.74. The number of ether oxygens (including phenoxy) is 1. The number of unbranched alkanes of at least 4 members (excludes halogenated alkanes) is 3. The Morgan fingerprint density at radius 3 is 2.21 bits per heavy atom. The van der Waals surface area contributed by atoms with E-state index in [0.717, 1.165) is 37.7 Å². The Bertz CT molecular complexity index is 651. The van der Waals surface area contributed by atoms with Crippen LogP contribution in [0.2, 0.25) is 0 Å². The highest BCUT2D eigenvalue weighted by Crippen LogP contribution is 2.34. The van der Waals surface area contributed by atoms with Crippen LogP contribution >= 0.6 is 0 Å². The number of benzene rings is 1. The smallest absolute Gasteiger partial charge is 0.426 e. The van der Waals surface area contributed by atoms with E-state index < -0.39 is 16.4 Å². The maximum absolute atomic E-state index is 11.4. The van der Waals surface area contributed by atoms with Gasteiger partial charge in [0, 0.05) is 12.5 Å². The van der Waals surface area contributed by atoms with E-state index in [2.05, 4.69) is 6.92 Å². The zero-order chi connectivity index (χ0) is 18.2. The second kappa shape index (κ2) is 9.64. The Balaban J connectivity index is 3.29. The van der Waals surface area contributed by atoms with Gasteiger partial charge < -0.3 is 8.92 Å². The number of rotatable bonds is 10. The van der Waals surface area contributed by atoms with Crippen molar-refractivity contribution in [3.05, 3.63) is 23.3 Å². The van der Waals surface area contributed by atoms with Gasteiger partial charge in [0.1, 0.15) is 5.75 Å². The minimum atomic E-state index is -4.65. The van der Waals surface area contributed by atoms with Crippen molar-refractivity contribution in [3.63, 3.8) is 0 Å². The Morgan fingerprint density at radius 1 is 1.04 bits per heavy atom. The fraction of sp³-hybridized carbons (Fsp3) is 0.588. The Morgan fingerprint density at radius 2 is 1.67 bits per heavy atom. The van der Waals surface area contributed by atoms with Gasteiger partial charge in [0.05, 0.1) is 0 Å². The Labute approximate surface area is 144 Å². The topological polar surface area (TPSA) is 89.9 Å². The first kappa shape index (κ1) is 20.4. The van der Waals surface area contributed by atoms with Gasteiger partial charge in [-0.05, 0) is 43.4 Å². The molecular weight excluding hydrogens is 332 g/mol. The lowest BCUT2D eigenvalue weighted by molar-refractivity contribution is -0.131. The molecule has 0 aliphatic carbocycles. The molecule has 0 aliphatic heterocycles. The van der Waals surface area contributed by atoms with Crippen LogP contribution in [0, 0.1) is 0 Å². The van der Waals surface area contributed by atoms with Crippen LogP contribution in [0.15, 0.2) is 12.1 Å². The maximum Gasteiger partial charge on any atom is 0.446 e. The molecule has 0 spiro atoms. The molecule has 0 saturated heterocycles. The van der Waals surface area contributed by atoms with Crippen LogP contribution < -0.4 is 8.92 Å². The van der Waals surface area contributed by atoms with Crippen LogP contribution in [0.5, 0.6) is 11.5 Å². The summed E-state index contributed by atoms with van der Waals surface area (Å²) in [4.78, 5) is 11.4. The van der Waals surface area contributed by atoms with Gasteiger partial charge in [-0.15, -0.1) is 0 Å². The molecule has 1 aromatic rings. The van der Waals surface area contributed by atoms with Crippen LogP contribution in [0.25, 0.3) is 0 Å². The van der Waals surface area contributed by atoms with Crippen molar-refractivity contribution in [2.75, 3.05) is 0 Å². The third-order valence-corrected chi connectivity index (χ3v) is 3.92. The van der Waals surface area contributed by atoms with E-state index in [1.165, 1.54) is 6.92 Å². The zero-order valence-electron chi connectivity index (χ0n) is 14.5. The molecule has 1 N–H and O–H groups in total. The van der Waals surface area contributed by atoms with Gasteiger partial charge in [-0.25, -0.2) is 0 Å². The molecule has 7 heteroatoms. The van der Waals surface area contributed by atoms with Gasteiger partial charge in [-0.3, -0.25) is 9.35 Å². The minimum absolute atomic E-state index is 0.0243. The fourth-order valence-corrected chi connectivity index (χ4v) is 2.81. The van der Waals surface area contributed by atoms with Gasteiger partial charge in [-0.2, -0.15) is 8.42 Å². The molecule has 0 atom stereocenters. The molecule has 0 saturated carbocycles. The highest BCUT2D eigenvalue weighted by atomic mass is 32.3. The Hall–Kier alpha value is -1.60. The van der Waals surface area contributed by atoms with E-state index in [1.54, 1.807) is 12.1 Å². The predicted molar refractivity (Wildman–Crippen MR) is 91.8 cm³/mol.